The monoisotopic (exact) mass is 968 g/mol. The van der Waals surface area contributed by atoms with Gasteiger partial charge in [0.15, 0.2) is 0 Å². The van der Waals surface area contributed by atoms with Crippen molar-refractivity contribution in [3.63, 3.8) is 0 Å². The Kier molecular flexibility index (Phi) is 47.0. The molecule has 0 aromatic rings. The van der Waals surface area contributed by atoms with Crippen molar-refractivity contribution in [3.8, 4) is 0 Å². The Hall–Kier alpha value is -1.51. The van der Waals surface area contributed by atoms with Crippen LogP contribution >= 0.6 is 7.82 Å². The summed E-state index contributed by atoms with van der Waals surface area (Å²) in [6, 6.07) is -0.849. The molecule has 396 valence electrons. The van der Waals surface area contributed by atoms with Crippen molar-refractivity contribution in [2.75, 3.05) is 40.9 Å². The number of nitrogens with zero attached hydrogens (tertiary/aromatic N) is 1. The fourth-order valence-electron chi connectivity index (χ4n) is 8.41. The quantitative estimate of drug-likeness (QED) is 0.0205. The maximum absolute atomic E-state index is 13.5. The van der Waals surface area contributed by atoms with Gasteiger partial charge in [-0.05, 0) is 57.4 Å². The zero-order valence-electron chi connectivity index (χ0n) is 45.2. The molecular weight excluding hydrogens is 856 g/mol. The third-order valence-corrected chi connectivity index (χ3v) is 13.9. The number of quaternary nitrogens is 1. The highest BCUT2D eigenvalue weighted by Crippen LogP contribution is 2.43. The van der Waals surface area contributed by atoms with Crippen LogP contribution in [0.15, 0.2) is 24.3 Å². The summed E-state index contributed by atoms with van der Waals surface area (Å²) in [7, 11) is 1.50. The summed E-state index contributed by atoms with van der Waals surface area (Å²) in [5, 5.41) is 3.04. The van der Waals surface area contributed by atoms with E-state index >= 15 is 0 Å². The van der Waals surface area contributed by atoms with E-state index < -0.39 is 20.0 Å². The van der Waals surface area contributed by atoms with Gasteiger partial charge in [-0.3, -0.25) is 18.6 Å². The highest BCUT2D eigenvalue weighted by atomic mass is 31.2. The van der Waals surface area contributed by atoms with Crippen LogP contribution in [0.25, 0.3) is 0 Å². The van der Waals surface area contributed by atoms with E-state index in [0.717, 1.165) is 70.6 Å². The second kappa shape index (κ2) is 48.1. The molecule has 0 aliphatic rings. The molecule has 67 heavy (non-hydrogen) atoms. The molecule has 0 aliphatic carbocycles. The average Bonchev–Trinajstić information content (AvgIpc) is 3.28. The van der Waals surface area contributed by atoms with E-state index in [4.69, 9.17) is 13.8 Å². The Bertz CT molecular complexity index is 1210. The maximum Gasteiger partial charge on any atom is 0.472 e. The molecule has 0 spiro atoms. The number of esters is 1. The number of phosphoric ester groups is 1. The number of nitrogens with one attached hydrogen (secondary N) is 1. The van der Waals surface area contributed by atoms with Crippen molar-refractivity contribution in [1.82, 2.24) is 5.32 Å². The SMILES string of the molecule is CCCCCCCC/C=C\CCCCCC(=O)NC(COP(=O)(O)OCC[N+](C)(C)C)C(/C=C/CCCCCCCCCCCCC)OC(=O)CCCCCCCCCCCCCCCCC. The number of rotatable bonds is 52. The van der Waals surface area contributed by atoms with Crippen molar-refractivity contribution in [1.29, 1.82) is 0 Å². The summed E-state index contributed by atoms with van der Waals surface area (Å²) >= 11 is 0. The van der Waals surface area contributed by atoms with Crippen molar-refractivity contribution < 1.29 is 37.3 Å². The molecule has 0 heterocycles. The topological polar surface area (TPSA) is 111 Å². The Morgan fingerprint density at radius 2 is 0.866 bits per heavy atom. The van der Waals surface area contributed by atoms with Gasteiger partial charge in [0.2, 0.25) is 5.91 Å². The molecule has 10 heteroatoms. The van der Waals surface area contributed by atoms with Gasteiger partial charge in [0.25, 0.3) is 0 Å². The highest BCUT2D eigenvalue weighted by molar-refractivity contribution is 7.47. The Morgan fingerprint density at radius 1 is 0.507 bits per heavy atom. The lowest BCUT2D eigenvalue weighted by molar-refractivity contribution is -0.870. The number of amides is 1. The Balaban J connectivity index is 5.37. The lowest BCUT2D eigenvalue weighted by Gasteiger charge is -2.27. The first-order valence-electron chi connectivity index (χ1n) is 28.7. The minimum atomic E-state index is -4.44. The first-order chi connectivity index (χ1) is 32.4. The third-order valence-electron chi connectivity index (χ3n) is 12.9. The normalized spacial score (nSPS) is 14.0. The molecule has 0 fully saturated rings. The van der Waals surface area contributed by atoms with Gasteiger partial charge in [0, 0.05) is 12.8 Å². The van der Waals surface area contributed by atoms with Crippen LogP contribution in [0.1, 0.15) is 278 Å². The second-order valence-electron chi connectivity index (χ2n) is 20.8. The number of carbonyl (C=O) groups is 2. The summed E-state index contributed by atoms with van der Waals surface area (Å²) < 4.78 is 30.6. The van der Waals surface area contributed by atoms with E-state index in [-0.39, 0.29) is 25.1 Å². The van der Waals surface area contributed by atoms with E-state index in [1.807, 2.05) is 33.3 Å². The van der Waals surface area contributed by atoms with Crippen molar-refractivity contribution in [2.45, 2.75) is 290 Å². The van der Waals surface area contributed by atoms with E-state index in [1.165, 1.54) is 173 Å². The van der Waals surface area contributed by atoms with Crippen molar-refractivity contribution in [3.05, 3.63) is 24.3 Å². The van der Waals surface area contributed by atoms with E-state index in [1.54, 1.807) is 0 Å². The van der Waals surface area contributed by atoms with E-state index in [0.29, 0.717) is 23.9 Å². The molecule has 0 rings (SSSR count). The number of ether oxygens (including phenoxy) is 1. The van der Waals surface area contributed by atoms with Gasteiger partial charge in [0.1, 0.15) is 19.3 Å². The summed E-state index contributed by atoms with van der Waals surface area (Å²) in [6.07, 6.45) is 54.5. The van der Waals surface area contributed by atoms with Gasteiger partial charge in [0.05, 0.1) is 33.8 Å². The van der Waals surface area contributed by atoms with Gasteiger partial charge in [-0.1, -0.05) is 232 Å². The fraction of sp³-hybridized carbons (Fsp3) is 0.895. The molecule has 3 atom stereocenters. The number of carbonyl (C=O) groups excluding carboxylic acids is 2. The van der Waals surface area contributed by atoms with Crippen LogP contribution in [0.4, 0.5) is 0 Å². The summed E-state index contributed by atoms with van der Waals surface area (Å²) in [4.78, 5) is 37.5. The summed E-state index contributed by atoms with van der Waals surface area (Å²) in [5.41, 5.74) is 0. The van der Waals surface area contributed by atoms with Crippen molar-refractivity contribution in [2.24, 2.45) is 0 Å². The maximum atomic E-state index is 13.5. The summed E-state index contributed by atoms with van der Waals surface area (Å²) in [5.74, 6) is -0.512. The van der Waals surface area contributed by atoms with Crippen molar-refractivity contribution >= 4 is 19.7 Å². The molecule has 0 saturated carbocycles. The molecular formula is C57H112N2O7P+. The fourth-order valence-corrected chi connectivity index (χ4v) is 9.14. The number of likely N-dealkylation sites (N-methyl/N-ethyl adjacent to an activating group) is 1. The first kappa shape index (κ1) is 65.5. The van der Waals surface area contributed by atoms with Gasteiger partial charge < -0.3 is 19.4 Å². The number of hydrogen-bond donors (Lipinski definition) is 2. The zero-order valence-corrected chi connectivity index (χ0v) is 46.1. The molecule has 0 aromatic heterocycles. The van der Waals surface area contributed by atoms with Gasteiger partial charge in [-0.25, -0.2) is 4.57 Å². The Labute approximate surface area is 415 Å². The van der Waals surface area contributed by atoms with Gasteiger partial charge in [-0.2, -0.15) is 0 Å². The smallest absolute Gasteiger partial charge is 0.456 e. The number of phosphoric acid groups is 1. The molecule has 0 radical (unpaired) electrons. The lowest BCUT2D eigenvalue weighted by atomic mass is 10.0. The number of allylic oxidation sites excluding steroid dienone is 3. The molecule has 3 unspecified atom stereocenters. The second-order valence-corrected chi connectivity index (χ2v) is 22.3. The van der Waals surface area contributed by atoms with E-state index in [2.05, 4.69) is 38.2 Å². The molecule has 0 saturated heterocycles. The van der Waals surface area contributed by atoms with Gasteiger partial charge in [-0.15, -0.1) is 0 Å². The molecule has 2 N–H and O–H groups in total. The largest absolute Gasteiger partial charge is 0.472 e. The van der Waals surface area contributed by atoms with E-state index in [9.17, 15) is 19.0 Å². The molecule has 9 nitrogen and oxygen atoms in total. The lowest BCUT2D eigenvalue weighted by Crippen LogP contribution is -2.47. The summed E-state index contributed by atoms with van der Waals surface area (Å²) in [6.45, 7) is 7.02. The third kappa shape index (κ3) is 49.3. The molecule has 0 aliphatic heterocycles. The minimum absolute atomic E-state index is 0.0407. The van der Waals surface area contributed by atoms with Crippen LogP contribution in [-0.4, -0.2) is 74.3 Å². The van der Waals surface area contributed by atoms with Crippen LogP contribution in [0.5, 0.6) is 0 Å². The predicted molar refractivity (Wildman–Crippen MR) is 286 cm³/mol. The zero-order chi connectivity index (χ0) is 49.4. The number of unbranched alkanes of at least 4 members (excludes halogenated alkanes) is 34. The first-order valence-corrected chi connectivity index (χ1v) is 30.2. The van der Waals surface area contributed by atoms with Gasteiger partial charge >= 0.3 is 13.8 Å². The Morgan fingerprint density at radius 3 is 1.28 bits per heavy atom. The van der Waals surface area contributed by atoms with Crippen LogP contribution in [0, 0.1) is 0 Å². The van der Waals surface area contributed by atoms with Crippen LogP contribution < -0.4 is 5.32 Å². The molecule has 0 bridgehead atoms. The molecule has 1 amide bonds. The van der Waals surface area contributed by atoms with Crippen LogP contribution in [-0.2, 0) is 27.9 Å². The molecule has 0 aromatic carbocycles. The minimum Gasteiger partial charge on any atom is -0.456 e. The standard InChI is InChI=1S/C57H111N2O7P/c1-7-10-13-16-19-22-25-28-29-32-35-38-41-44-47-50-57(61)66-55(48-45-42-39-36-33-30-26-23-20-17-14-11-8-2)54(53-65-67(62,63)64-52-51-59(4,5)6)58-56(60)49-46-43-40-37-34-31-27-24-21-18-15-12-9-3/h31,34,45,48,54-55H,7-30,32-33,35-44,46-47,49-53H2,1-6H3,(H-,58,60,62,63)/p+1/b34-31-,48-45+. The number of hydrogen-bond acceptors (Lipinski definition) is 6. The van der Waals surface area contributed by atoms with Crippen LogP contribution in [0.2, 0.25) is 0 Å². The predicted octanol–water partition coefficient (Wildman–Crippen LogP) is 17.0. The van der Waals surface area contributed by atoms with Crippen LogP contribution in [0.3, 0.4) is 0 Å². The average molecular weight is 969 g/mol. The highest BCUT2D eigenvalue weighted by Gasteiger charge is 2.30.